The van der Waals surface area contributed by atoms with E-state index in [1.54, 1.807) is 20.8 Å². The van der Waals surface area contributed by atoms with Crippen molar-refractivity contribution >= 4 is 18.0 Å². The van der Waals surface area contributed by atoms with Gasteiger partial charge in [-0.15, -0.1) is 0 Å². The van der Waals surface area contributed by atoms with E-state index in [2.05, 4.69) is 5.32 Å². The lowest BCUT2D eigenvalue weighted by atomic mass is 9.56. The Bertz CT molecular complexity index is 495. The number of alkyl carbamates (subject to hydrolysis) is 1. The van der Waals surface area contributed by atoms with Crippen molar-refractivity contribution < 1.29 is 29.3 Å². The van der Waals surface area contributed by atoms with E-state index in [4.69, 9.17) is 4.74 Å². The summed E-state index contributed by atoms with van der Waals surface area (Å²) < 4.78 is 5.23. The van der Waals surface area contributed by atoms with Crippen LogP contribution in [0.3, 0.4) is 0 Å². The summed E-state index contributed by atoms with van der Waals surface area (Å²) in [6.45, 7) is 5.13. The lowest BCUT2D eigenvalue weighted by molar-refractivity contribution is -0.162. The summed E-state index contributed by atoms with van der Waals surface area (Å²) in [4.78, 5) is 35.5. The van der Waals surface area contributed by atoms with Gasteiger partial charge in [-0.3, -0.25) is 4.79 Å². The van der Waals surface area contributed by atoms with Gasteiger partial charge in [0, 0.05) is 0 Å². The molecule has 0 aromatic rings. The first kappa shape index (κ1) is 17.6. The van der Waals surface area contributed by atoms with Crippen molar-refractivity contribution in [3.63, 3.8) is 0 Å². The molecule has 0 aromatic heterocycles. The Morgan fingerprint density at radius 3 is 2.00 bits per heavy atom. The van der Waals surface area contributed by atoms with E-state index in [0.29, 0.717) is 12.8 Å². The monoisotopic (exact) mass is 327 g/mol. The molecule has 7 heteroatoms. The Kier molecular flexibility index (Phi) is 4.59. The third-order valence-electron chi connectivity index (χ3n) is 4.94. The van der Waals surface area contributed by atoms with Gasteiger partial charge in [0.1, 0.15) is 11.1 Å². The van der Waals surface area contributed by atoms with E-state index in [-0.39, 0.29) is 24.7 Å². The van der Waals surface area contributed by atoms with Crippen molar-refractivity contribution in [2.24, 2.45) is 17.8 Å². The van der Waals surface area contributed by atoms with Crippen molar-refractivity contribution in [3.05, 3.63) is 0 Å². The number of hydrogen-bond acceptors (Lipinski definition) is 4. The maximum absolute atomic E-state index is 12.2. The summed E-state index contributed by atoms with van der Waals surface area (Å²) in [7, 11) is 0. The molecule has 2 rings (SSSR count). The first-order valence-corrected chi connectivity index (χ1v) is 8.03. The van der Waals surface area contributed by atoms with Crippen LogP contribution in [0.5, 0.6) is 0 Å². The summed E-state index contributed by atoms with van der Waals surface area (Å²) in [5, 5.41) is 21.7. The van der Waals surface area contributed by atoms with Crippen LogP contribution >= 0.6 is 0 Å². The number of carbonyl (C=O) groups excluding carboxylic acids is 1. The minimum absolute atomic E-state index is 0.272. The van der Waals surface area contributed by atoms with Gasteiger partial charge >= 0.3 is 18.0 Å². The molecule has 0 aliphatic heterocycles. The highest BCUT2D eigenvalue weighted by Crippen LogP contribution is 2.49. The van der Waals surface area contributed by atoms with Crippen molar-refractivity contribution in [1.82, 2.24) is 5.32 Å². The molecule has 7 nitrogen and oxygen atoms in total. The molecule has 0 heterocycles. The standard InChI is InChI=1S/C16H25NO6/c1-15(2,3)23-14(22)17-16(13(20)21)10-5-4-6-11(16)8-9(7-10)12(18)19/h9-11H,4-8H2,1-3H3,(H,17,22)(H,18,19)(H,20,21). The average Bonchev–Trinajstić information content (AvgIpc) is 2.34. The second-order valence-corrected chi connectivity index (χ2v) is 7.63. The number of ether oxygens (including phenoxy) is 1. The van der Waals surface area contributed by atoms with Crippen LogP contribution in [-0.4, -0.2) is 39.4 Å². The van der Waals surface area contributed by atoms with E-state index in [9.17, 15) is 24.6 Å². The molecule has 0 spiro atoms. The summed E-state index contributed by atoms with van der Waals surface area (Å²) in [5.74, 6) is -3.31. The Balaban J connectivity index is 2.28. The van der Waals surface area contributed by atoms with Crippen LogP contribution in [0.25, 0.3) is 0 Å². The molecule has 2 aliphatic carbocycles. The minimum atomic E-state index is -1.42. The topological polar surface area (TPSA) is 113 Å². The molecule has 0 saturated heterocycles. The molecule has 23 heavy (non-hydrogen) atoms. The van der Waals surface area contributed by atoms with Crippen molar-refractivity contribution in [2.75, 3.05) is 0 Å². The number of hydrogen-bond donors (Lipinski definition) is 3. The van der Waals surface area contributed by atoms with E-state index in [0.717, 1.165) is 6.42 Å². The molecule has 0 radical (unpaired) electrons. The first-order valence-electron chi connectivity index (χ1n) is 8.03. The maximum Gasteiger partial charge on any atom is 0.408 e. The van der Waals surface area contributed by atoms with Gasteiger partial charge in [-0.25, -0.2) is 9.59 Å². The largest absolute Gasteiger partial charge is 0.481 e. The number of fused-ring (bicyclic) bond motifs is 2. The van der Waals surface area contributed by atoms with Gasteiger partial charge in [-0.05, 0) is 58.3 Å². The zero-order chi connectivity index (χ0) is 17.4. The molecule has 2 bridgehead atoms. The van der Waals surface area contributed by atoms with Crippen molar-refractivity contribution in [2.45, 2.75) is 64.0 Å². The lowest BCUT2D eigenvalue weighted by Gasteiger charge is -2.51. The molecule has 2 unspecified atom stereocenters. The highest BCUT2D eigenvalue weighted by Gasteiger charge is 2.59. The molecule has 3 N–H and O–H groups in total. The normalized spacial score (nSPS) is 33.6. The zero-order valence-corrected chi connectivity index (χ0v) is 13.8. The molecular formula is C16H25NO6. The van der Waals surface area contributed by atoms with Crippen LogP contribution in [-0.2, 0) is 14.3 Å². The van der Waals surface area contributed by atoms with Crippen LogP contribution in [0.1, 0.15) is 52.9 Å². The number of nitrogens with one attached hydrogen (secondary N) is 1. The predicted molar refractivity (Wildman–Crippen MR) is 80.9 cm³/mol. The number of carboxylic acids is 2. The Labute approximate surface area is 135 Å². The molecule has 2 saturated carbocycles. The molecule has 130 valence electrons. The van der Waals surface area contributed by atoms with E-state index in [1.165, 1.54) is 0 Å². The van der Waals surface area contributed by atoms with E-state index < -0.39 is 35.1 Å². The highest BCUT2D eigenvalue weighted by atomic mass is 16.6. The lowest BCUT2D eigenvalue weighted by Crippen LogP contribution is -2.68. The SMILES string of the molecule is CC(C)(C)OC(=O)NC1(C(=O)O)C2CCCC1CC(C(=O)O)C2. The molecule has 1 amide bonds. The minimum Gasteiger partial charge on any atom is -0.481 e. The summed E-state index contributed by atoms with van der Waals surface area (Å²) in [6, 6.07) is 0. The van der Waals surface area contributed by atoms with Crippen LogP contribution in [0, 0.1) is 17.8 Å². The van der Waals surface area contributed by atoms with E-state index in [1.807, 2.05) is 0 Å². The molecule has 2 fully saturated rings. The van der Waals surface area contributed by atoms with Crippen LogP contribution < -0.4 is 5.32 Å². The Morgan fingerprint density at radius 2 is 1.61 bits per heavy atom. The van der Waals surface area contributed by atoms with Gasteiger partial charge in [-0.2, -0.15) is 0 Å². The van der Waals surface area contributed by atoms with Gasteiger partial charge in [0.15, 0.2) is 0 Å². The third-order valence-corrected chi connectivity index (χ3v) is 4.94. The Hall–Kier alpha value is -1.79. The maximum atomic E-state index is 12.2. The third kappa shape index (κ3) is 3.43. The fourth-order valence-corrected chi connectivity index (χ4v) is 4.07. The smallest absolute Gasteiger partial charge is 0.408 e. The van der Waals surface area contributed by atoms with Crippen molar-refractivity contribution in [1.29, 1.82) is 0 Å². The molecular weight excluding hydrogens is 302 g/mol. The van der Waals surface area contributed by atoms with Gasteiger partial charge in [0.05, 0.1) is 5.92 Å². The fraction of sp³-hybridized carbons (Fsp3) is 0.812. The fourth-order valence-electron chi connectivity index (χ4n) is 4.07. The Morgan fingerprint density at radius 1 is 1.09 bits per heavy atom. The van der Waals surface area contributed by atoms with Crippen LogP contribution in [0.4, 0.5) is 4.79 Å². The number of carbonyl (C=O) groups is 3. The molecule has 2 aliphatic rings. The second kappa shape index (κ2) is 6.02. The van der Waals surface area contributed by atoms with E-state index >= 15 is 0 Å². The van der Waals surface area contributed by atoms with Gasteiger partial charge in [0.2, 0.25) is 0 Å². The number of carboxylic acid groups (broad SMARTS) is 2. The number of amides is 1. The highest BCUT2D eigenvalue weighted by molar-refractivity contribution is 5.86. The average molecular weight is 327 g/mol. The quantitative estimate of drug-likeness (QED) is 0.732. The number of aliphatic carboxylic acids is 2. The number of rotatable bonds is 3. The van der Waals surface area contributed by atoms with Gasteiger partial charge < -0.3 is 20.3 Å². The summed E-state index contributed by atoms with van der Waals surface area (Å²) in [6.07, 6.45) is 1.84. The van der Waals surface area contributed by atoms with Crippen LogP contribution in [0.15, 0.2) is 0 Å². The summed E-state index contributed by atoms with van der Waals surface area (Å²) in [5.41, 5.74) is -2.15. The van der Waals surface area contributed by atoms with Crippen molar-refractivity contribution in [3.8, 4) is 0 Å². The summed E-state index contributed by atoms with van der Waals surface area (Å²) >= 11 is 0. The van der Waals surface area contributed by atoms with Gasteiger partial charge in [-0.1, -0.05) is 6.42 Å². The molecule has 0 aromatic carbocycles. The zero-order valence-electron chi connectivity index (χ0n) is 13.8. The van der Waals surface area contributed by atoms with Gasteiger partial charge in [0.25, 0.3) is 0 Å². The first-order chi connectivity index (χ1) is 10.6. The van der Waals surface area contributed by atoms with Crippen LogP contribution in [0.2, 0.25) is 0 Å². The second-order valence-electron chi connectivity index (χ2n) is 7.63. The molecule has 2 atom stereocenters. The predicted octanol–water partition coefficient (Wildman–Crippen LogP) is 2.25.